The van der Waals surface area contributed by atoms with Crippen LogP contribution < -0.4 is 19.9 Å². The van der Waals surface area contributed by atoms with E-state index in [1.807, 2.05) is 97.1 Å². The number of amides is 1. The Morgan fingerprint density at radius 2 is 1.30 bits per heavy atom. The van der Waals surface area contributed by atoms with Gasteiger partial charge in [0, 0.05) is 19.1 Å². The SMILES string of the molecule is CC(Cc1ccc(OCC(N)=O)cc1)N(CC(O)COc1ccccc1)CC(O)c1ccc(OCc2ccccc2)cc1. The molecule has 4 rings (SSSR count). The zero-order chi connectivity index (χ0) is 30.4. The highest BCUT2D eigenvalue weighted by atomic mass is 16.5. The van der Waals surface area contributed by atoms with Crippen LogP contribution in [0.1, 0.15) is 29.7 Å². The molecule has 0 radical (unpaired) electrons. The molecule has 0 saturated carbocycles. The molecule has 0 spiro atoms. The molecule has 3 unspecified atom stereocenters. The van der Waals surface area contributed by atoms with Gasteiger partial charge in [0.2, 0.25) is 0 Å². The molecule has 0 heterocycles. The third-order valence-electron chi connectivity index (χ3n) is 7.01. The first-order valence-corrected chi connectivity index (χ1v) is 14.4. The number of para-hydroxylation sites is 1. The molecule has 0 aliphatic carbocycles. The molecule has 4 aromatic rings. The Morgan fingerprint density at radius 3 is 1.95 bits per heavy atom. The first-order chi connectivity index (χ1) is 20.9. The molecule has 226 valence electrons. The van der Waals surface area contributed by atoms with Gasteiger partial charge in [0.1, 0.15) is 36.6 Å². The zero-order valence-corrected chi connectivity index (χ0v) is 24.4. The molecule has 4 aromatic carbocycles. The fraction of sp³-hybridized carbons (Fsp3) is 0.286. The molecule has 8 nitrogen and oxygen atoms in total. The van der Waals surface area contributed by atoms with Gasteiger partial charge in [0.05, 0.1) is 6.10 Å². The summed E-state index contributed by atoms with van der Waals surface area (Å²) in [5.41, 5.74) is 8.05. The molecule has 8 heteroatoms. The van der Waals surface area contributed by atoms with E-state index < -0.39 is 18.1 Å². The minimum absolute atomic E-state index is 0.0214. The van der Waals surface area contributed by atoms with Crippen LogP contribution in [0.2, 0.25) is 0 Å². The van der Waals surface area contributed by atoms with Crippen LogP contribution in [0, 0.1) is 0 Å². The molecular weight excluding hydrogens is 544 g/mol. The van der Waals surface area contributed by atoms with Crippen molar-refractivity contribution in [2.24, 2.45) is 5.73 Å². The van der Waals surface area contributed by atoms with E-state index in [1.165, 1.54) is 0 Å². The van der Waals surface area contributed by atoms with Gasteiger partial charge in [0.15, 0.2) is 6.61 Å². The van der Waals surface area contributed by atoms with Gasteiger partial charge < -0.3 is 30.2 Å². The van der Waals surface area contributed by atoms with Crippen LogP contribution in [0.3, 0.4) is 0 Å². The lowest BCUT2D eigenvalue weighted by atomic mass is 10.0. The number of rotatable bonds is 17. The second-order valence-electron chi connectivity index (χ2n) is 10.5. The molecule has 0 aromatic heterocycles. The lowest BCUT2D eigenvalue weighted by Crippen LogP contribution is -2.44. The first kappa shape index (κ1) is 31.6. The number of carbonyl (C=O) groups excluding carboxylic acids is 1. The minimum Gasteiger partial charge on any atom is -0.491 e. The number of nitrogens with zero attached hydrogens (tertiary/aromatic N) is 1. The molecule has 43 heavy (non-hydrogen) atoms. The standard InChI is InChI=1S/C35H40N2O6/c1-26(20-27-12-16-32(17-13-27)43-25-35(36)40)37(21-30(38)24-42-31-10-6-3-7-11-31)22-34(39)29-14-18-33(19-15-29)41-23-28-8-4-2-5-9-28/h2-19,26,30,34,38-39H,20-25H2,1H3,(H2,36,40). The molecule has 0 bridgehead atoms. The van der Waals surface area contributed by atoms with Gasteiger partial charge in [-0.3, -0.25) is 9.69 Å². The Hall–Kier alpha value is -4.37. The van der Waals surface area contributed by atoms with Gasteiger partial charge >= 0.3 is 0 Å². The van der Waals surface area contributed by atoms with Crippen LogP contribution in [-0.4, -0.2) is 59.5 Å². The van der Waals surface area contributed by atoms with Gasteiger partial charge in [0.25, 0.3) is 5.91 Å². The van der Waals surface area contributed by atoms with Crippen molar-refractivity contribution in [3.8, 4) is 17.2 Å². The fourth-order valence-electron chi connectivity index (χ4n) is 4.67. The van der Waals surface area contributed by atoms with Crippen LogP contribution in [-0.2, 0) is 17.8 Å². The molecule has 0 fully saturated rings. The maximum Gasteiger partial charge on any atom is 0.255 e. The summed E-state index contributed by atoms with van der Waals surface area (Å²) >= 11 is 0. The number of hydrogen-bond acceptors (Lipinski definition) is 7. The summed E-state index contributed by atoms with van der Waals surface area (Å²) in [5.74, 6) is 1.44. The molecule has 4 N–H and O–H groups in total. The van der Waals surface area contributed by atoms with Gasteiger partial charge in [-0.05, 0) is 66.4 Å². The zero-order valence-electron chi connectivity index (χ0n) is 24.4. The second kappa shape index (κ2) is 16.3. The van der Waals surface area contributed by atoms with Gasteiger partial charge in [-0.2, -0.15) is 0 Å². The van der Waals surface area contributed by atoms with E-state index in [1.54, 1.807) is 12.1 Å². The van der Waals surface area contributed by atoms with Crippen molar-refractivity contribution in [1.29, 1.82) is 0 Å². The average molecular weight is 585 g/mol. The summed E-state index contributed by atoms with van der Waals surface area (Å²) in [6.07, 6.45) is -0.882. The fourth-order valence-corrected chi connectivity index (χ4v) is 4.67. The van der Waals surface area contributed by atoms with E-state index in [4.69, 9.17) is 19.9 Å². The number of ether oxygens (including phenoxy) is 3. The normalized spacial score (nSPS) is 13.2. The summed E-state index contributed by atoms with van der Waals surface area (Å²) in [5, 5.41) is 22.1. The molecule has 1 amide bonds. The summed E-state index contributed by atoms with van der Waals surface area (Å²) in [4.78, 5) is 13.1. The summed E-state index contributed by atoms with van der Waals surface area (Å²) in [7, 11) is 0. The van der Waals surface area contributed by atoms with Crippen molar-refractivity contribution in [3.05, 3.63) is 126 Å². The topological polar surface area (TPSA) is 114 Å². The van der Waals surface area contributed by atoms with E-state index >= 15 is 0 Å². The number of primary amides is 1. The number of aliphatic hydroxyl groups excluding tert-OH is 2. The number of carbonyl (C=O) groups is 1. The number of benzene rings is 4. The third-order valence-corrected chi connectivity index (χ3v) is 7.01. The maximum absolute atomic E-state index is 11.2. The van der Waals surface area contributed by atoms with E-state index in [0.29, 0.717) is 37.6 Å². The highest BCUT2D eigenvalue weighted by molar-refractivity contribution is 5.75. The van der Waals surface area contributed by atoms with Crippen LogP contribution in [0.25, 0.3) is 0 Å². The molecule has 0 aliphatic rings. The van der Waals surface area contributed by atoms with E-state index in [2.05, 4.69) is 11.8 Å². The van der Waals surface area contributed by atoms with Crippen molar-refractivity contribution in [2.45, 2.75) is 38.2 Å². The average Bonchev–Trinajstić information content (AvgIpc) is 3.03. The quantitative estimate of drug-likeness (QED) is 0.167. The van der Waals surface area contributed by atoms with E-state index in [-0.39, 0.29) is 19.3 Å². The number of nitrogens with two attached hydrogens (primary N) is 1. The highest BCUT2D eigenvalue weighted by Gasteiger charge is 2.22. The molecule has 0 aliphatic heterocycles. The summed E-state index contributed by atoms with van der Waals surface area (Å²) in [6, 6.07) is 34.2. The van der Waals surface area contributed by atoms with Crippen molar-refractivity contribution < 1.29 is 29.2 Å². The van der Waals surface area contributed by atoms with Crippen LogP contribution in [0.4, 0.5) is 0 Å². The predicted molar refractivity (Wildman–Crippen MR) is 166 cm³/mol. The minimum atomic E-state index is -0.780. The Morgan fingerprint density at radius 1 is 0.721 bits per heavy atom. The summed E-state index contributed by atoms with van der Waals surface area (Å²) in [6.45, 7) is 3.11. The van der Waals surface area contributed by atoms with E-state index in [9.17, 15) is 15.0 Å². The third kappa shape index (κ3) is 10.8. The van der Waals surface area contributed by atoms with Gasteiger partial charge in [-0.25, -0.2) is 0 Å². The van der Waals surface area contributed by atoms with Gasteiger partial charge in [-0.15, -0.1) is 0 Å². The Labute approximate surface area is 253 Å². The molecular formula is C35H40N2O6. The first-order valence-electron chi connectivity index (χ1n) is 14.4. The predicted octanol–water partition coefficient (Wildman–Crippen LogP) is 4.54. The molecule has 0 saturated heterocycles. The van der Waals surface area contributed by atoms with Crippen LogP contribution >= 0.6 is 0 Å². The van der Waals surface area contributed by atoms with Crippen molar-refractivity contribution >= 4 is 5.91 Å². The monoisotopic (exact) mass is 584 g/mol. The maximum atomic E-state index is 11.2. The largest absolute Gasteiger partial charge is 0.491 e. The number of hydrogen-bond donors (Lipinski definition) is 3. The number of aliphatic hydroxyl groups is 2. The summed E-state index contributed by atoms with van der Waals surface area (Å²) < 4.78 is 17.0. The van der Waals surface area contributed by atoms with Crippen molar-refractivity contribution in [1.82, 2.24) is 4.90 Å². The lowest BCUT2D eigenvalue weighted by molar-refractivity contribution is -0.119. The van der Waals surface area contributed by atoms with Gasteiger partial charge in [-0.1, -0.05) is 72.8 Å². The van der Waals surface area contributed by atoms with Crippen LogP contribution in [0.15, 0.2) is 109 Å². The lowest BCUT2D eigenvalue weighted by Gasteiger charge is -2.33. The van der Waals surface area contributed by atoms with Crippen LogP contribution in [0.5, 0.6) is 17.2 Å². The smallest absolute Gasteiger partial charge is 0.255 e. The Kier molecular flexibility index (Phi) is 12.0. The highest BCUT2D eigenvalue weighted by Crippen LogP contribution is 2.22. The molecule has 3 atom stereocenters. The Bertz CT molecular complexity index is 1370. The van der Waals surface area contributed by atoms with E-state index in [0.717, 1.165) is 22.4 Å². The van der Waals surface area contributed by atoms with Crippen molar-refractivity contribution in [3.63, 3.8) is 0 Å². The van der Waals surface area contributed by atoms with Crippen molar-refractivity contribution in [2.75, 3.05) is 26.3 Å². The Balaban J connectivity index is 1.39. The second-order valence-corrected chi connectivity index (χ2v) is 10.5.